The van der Waals surface area contributed by atoms with Crippen LogP contribution in [0.25, 0.3) is 11.0 Å². The summed E-state index contributed by atoms with van der Waals surface area (Å²) in [5.74, 6) is 2.42. The number of para-hydroxylation sites is 2. The minimum atomic E-state index is -0.921. The lowest BCUT2D eigenvalue weighted by molar-refractivity contribution is -0.133. The van der Waals surface area contributed by atoms with E-state index in [1.54, 1.807) is 4.90 Å². The van der Waals surface area contributed by atoms with Crippen LogP contribution in [-0.2, 0) is 11.3 Å². The molecule has 7 heteroatoms. The maximum Gasteiger partial charge on any atom is 0.290 e. The Balaban J connectivity index is 1.61. The number of thioether (sulfide) groups is 1. The predicted molar refractivity (Wildman–Crippen MR) is 131 cm³/mol. The normalized spacial score (nSPS) is 22.1. The Morgan fingerprint density at radius 2 is 1.94 bits per heavy atom. The number of fused-ring (bicyclic) bond motifs is 3. The van der Waals surface area contributed by atoms with E-state index in [0.717, 1.165) is 61.1 Å². The highest BCUT2D eigenvalue weighted by Gasteiger charge is 2.48. The highest BCUT2D eigenvalue weighted by Crippen LogP contribution is 2.31. The minimum Gasteiger partial charge on any atom is -0.351 e. The lowest BCUT2D eigenvalue weighted by Gasteiger charge is -2.44. The predicted octanol–water partition coefficient (Wildman–Crippen LogP) is 4.62. The van der Waals surface area contributed by atoms with Gasteiger partial charge in [0.2, 0.25) is 5.91 Å². The van der Waals surface area contributed by atoms with Crippen LogP contribution in [0.4, 0.5) is 0 Å². The topological polar surface area (TPSA) is 67.2 Å². The second kappa shape index (κ2) is 10.3. The standard InChI is InChI=1S/C25H36N4O2S/c1-3-16-32-17-10-15-29-23(30)22-27-20-13-8-9-14-21(20)28(22)18-25(29,2)24(31)26-19-11-6-4-5-7-12-19/h8-9,13-14,19H,3-7,10-12,15-18H2,1-2H3,(H,26,31)/t25-/m0/s1. The van der Waals surface area contributed by atoms with Gasteiger partial charge in [0.25, 0.3) is 5.91 Å². The van der Waals surface area contributed by atoms with Gasteiger partial charge in [-0.3, -0.25) is 9.59 Å². The highest BCUT2D eigenvalue weighted by atomic mass is 32.2. The summed E-state index contributed by atoms with van der Waals surface area (Å²) in [5.41, 5.74) is 0.806. The molecule has 1 atom stereocenters. The van der Waals surface area contributed by atoms with Gasteiger partial charge in [-0.15, -0.1) is 0 Å². The molecule has 0 radical (unpaired) electrons. The SMILES string of the molecule is CCCSCCCN1C(=O)c2nc3ccccc3n2C[C@@]1(C)C(=O)NC1CCCCCC1. The second-order valence-corrected chi connectivity index (χ2v) is 10.6. The van der Waals surface area contributed by atoms with E-state index in [1.807, 2.05) is 47.5 Å². The van der Waals surface area contributed by atoms with Gasteiger partial charge in [0, 0.05) is 12.6 Å². The number of aromatic nitrogens is 2. The largest absolute Gasteiger partial charge is 0.351 e. The van der Waals surface area contributed by atoms with Gasteiger partial charge in [-0.2, -0.15) is 11.8 Å². The molecule has 0 spiro atoms. The summed E-state index contributed by atoms with van der Waals surface area (Å²) < 4.78 is 1.95. The first kappa shape index (κ1) is 23.1. The Hall–Kier alpha value is -2.02. The van der Waals surface area contributed by atoms with Crippen LogP contribution in [0.15, 0.2) is 24.3 Å². The molecule has 1 fully saturated rings. The fraction of sp³-hybridized carbons (Fsp3) is 0.640. The molecule has 2 heterocycles. The minimum absolute atomic E-state index is 0.0256. The fourth-order valence-corrected chi connectivity index (χ4v) is 5.84. The van der Waals surface area contributed by atoms with E-state index in [9.17, 15) is 9.59 Å². The third kappa shape index (κ3) is 4.68. The smallest absolute Gasteiger partial charge is 0.290 e. The number of hydrogen-bond acceptors (Lipinski definition) is 4. The Morgan fingerprint density at radius 1 is 1.19 bits per heavy atom. The van der Waals surface area contributed by atoms with Crippen LogP contribution in [0.1, 0.15) is 75.8 Å². The molecule has 0 unspecified atom stereocenters. The fourth-order valence-electron chi connectivity index (χ4n) is 5.02. The molecule has 6 nitrogen and oxygen atoms in total. The van der Waals surface area contributed by atoms with Gasteiger partial charge in [-0.05, 0) is 56.2 Å². The van der Waals surface area contributed by atoms with Crippen molar-refractivity contribution in [1.82, 2.24) is 19.8 Å². The molecule has 0 saturated heterocycles. The number of carbonyl (C=O) groups is 2. The van der Waals surface area contributed by atoms with E-state index in [2.05, 4.69) is 17.2 Å². The number of nitrogens with one attached hydrogen (secondary N) is 1. The molecule has 1 aromatic carbocycles. The molecule has 1 aliphatic heterocycles. The molecule has 0 bridgehead atoms. The molecule has 1 aliphatic carbocycles. The van der Waals surface area contributed by atoms with Gasteiger partial charge in [0.05, 0.1) is 17.6 Å². The Bertz CT molecular complexity index is 951. The van der Waals surface area contributed by atoms with Crippen LogP contribution in [-0.4, -0.2) is 55.9 Å². The van der Waals surface area contributed by atoms with E-state index in [1.165, 1.54) is 12.8 Å². The number of carbonyl (C=O) groups excluding carboxylic acids is 2. The van der Waals surface area contributed by atoms with E-state index in [4.69, 9.17) is 0 Å². The molecule has 1 saturated carbocycles. The molecule has 1 aromatic heterocycles. The molecule has 4 rings (SSSR count). The average molecular weight is 457 g/mol. The molecule has 2 aromatic rings. The molecular weight excluding hydrogens is 420 g/mol. The molecule has 2 amide bonds. The summed E-state index contributed by atoms with van der Waals surface area (Å²) in [6, 6.07) is 8.02. The molecule has 32 heavy (non-hydrogen) atoms. The van der Waals surface area contributed by atoms with Crippen molar-refractivity contribution in [2.24, 2.45) is 0 Å². The van der Waals surface area contributed by atoms with E-state index < -0.39 is 5.54 Å². The van der Waals surface area contributed by atoms with Crippen LogP contribution < -0.4 is 5.32 Å². The number of rotatable bonds is 8. The summed E-state index contributed by atoms with van der Waals surface area (Å²) >= 11 is 1.91. The Labute approximate surface area is 195 Å². The number of hydrogen-bond donors (Lipinski definition) is 1. The summed E-state index contributed by atoms with van der Waals surface area (Å²) in [5, 5.41) is 3.33. The van der Waals surface area contributed by atoms with Crippen molar-refractivity contribution in [1.29, 1.82) is 0 Å². The number of amides is 2. The highest BCUT2D eigenvalue weighted by molar-refractivity contribution is 7.99. The van der Waals surface area contributed by atoms with Gasteiger partial charge < -0.3 is 14.8 Å². The first-order valence-corrected chi connectivity index (χ1v) is 13.4. The Morgan fingerprint density at radius 3 is 2.69 bits per heavy atom. The van der Waals surface area contributed by atoms with Gasteiger partial charge in [-0.25, -0.2) is 4.98 Å². The first-order valence-electron chi connectivity index (χ1n) is 12.2. The van der Waals surface area contributed by atoms with Crippen LogP contribution in [0.2, 0.25) is 0 Å². The zero-order chi connectivity index (χ0) is 22.6. The van der Waals surface area contributed by atoms with E-state index in [-0.39, 0.29) is 17.9 Å². The number of imidazole rings is 1. The lowest BCUT2D eigenvalue weighted by Crippen LogP contribution is -2.65. The van der Waals surface area contributed by atoms with Crippen molar-refractivity contribution >= 4 is 34.6 Å². The maximum absolute atomic E-state index is 13.7. The second-order valence-electron chi connectivity index (χ2n) is 9.37. The third-order valence-corrected chi connectivity index (χ3v) is 8.13. The zero-order valence-corrected chi connectivity index (χ0v) is 20.3. The van der Waals surface area contributed by atoms with Crippen molar-refractivity contribution in [3.05, 3.63) is 30.1 Å². The van der Waals surface area contributed by atoms with Gasteiger partial charge in [0.15, 0.2) is 5.82 Å². The van der Waals surface area contributed by atoms with Gasteiger partial charge >= 0.3 is 0 Å². The monoisotopic (exact) mass is 456 g/mol. The van der Waals surface area contributed by atoms with Crippen molar-refractivity contribution in [2.45, 2.75) is 83.3 Å². The van der Waals surface area contributed by atoms with Crippen LogP contribution in [0.5, 0.6) is 0 Å². The molecule has 1 N–H and O–H groups in total. The van der Waals surface area contributed by atoms with Crippen molar-refractivity contribution in [3.8, 4) is 0 Å². The van der Waals surface area contributed by atoms with Crippen LogP contribution in [0.3, 0.4) is 0 Å². The van der Waals surface area contributed by atoms with Crippen molar-refractivity contribution < 1.29 is 9.59 Å². The summed E-state index contributed by atoms with van der Waals surface area (Å²) in [6.07, 6.45) is 8.90. The molecular formula is C25H36N4O2S. The summed E-state index contributed by atoms with van der Waals surface area (Å²) in [6.45, 7) is 5.14. The van der Waals surface area contributed by atoms with Crippen LogP contribution >= 0.6 is 11.8 Å². The quantitative estimate of drug-likeness (QED) is 0.465. The maximum atomic E-state index is 13.7. The van der Waals surface area contributed by atoms with Gasteiger partial charge in [-0.1, -0.05) is 44.7 Å². The number of benzene rings is 1. The van der Waals surface area contributed by atoms with Crippen molar-refractivity contribution in [2.75, 3.05) is 18.1 Å². The number of nitrogens with zero attached hydrogens (tertiary/aromatic N) is 3. The summed E-state index contributed by atoms with van der Waals surface area (Å²) in [7, 11) is 0. The summed E-state index contributed by atoms with van der Waals surface area (Å²) in [4.78, 5) is 33.8. The third-order valence-electron chi connectivity index (χ3n) is 6.85. The van der Waals surface area contributed by atoms with E-state index in [0.29, 0.717) is 18.9 Å². The molecule has 2 aliphatic rings. The first-order chi connectivity index (χ1) is 15.5. The lowest BCUT2D eigenvalue weighted by atomic mass is 9.94. The van der Waals surface area contributed by atoms with Crippen molar-refractivity contribution in [3.63, 3.8) is 0 Å². The average Bonchev–Trinajstić information content (AvgIpc) is 2.96. The van der Waals surface area contributed by atoms with E-state index >= 15 is 0 Å². The zero-order valence-electron chi connectivity index (χ0n) is 19.4. The molecule has 174 valence electrons. The Kier molecular flexibility index (Phi) is 7.44. The van der Waals surface area contributed by atoms with Gasteiger partial charge in [0.1, 0.15) is 5.54 Å². The van der Waals surface area contributed by atoms with Crippen LogP contribution in [0, 0.1) is 0 Å².